The number of hydrogen-bond acceptors (Lipinski definition) is 3. The molecule has 2 atom stereocenters. The lowest BCUT2D eigenvalue weighted by Gasteiger charge is -2.37. The number of likely N-dealkylation sites (tertiary alicyclic amines) is 1. The van der Waals surface area contributed by atoms with Crippen molar-refractivity contribution in [1.29, 1.82) is 0 Å². The van der Waals surface area contributed by atoms with Crippen molar-refractivity contribution < 1.29 is 10.2 Å². The number of aliphatic hydroxyl groups is 1. The average Bonchev–Trinajstić information content (AvgIpc) is 2.60. The van der Waals surface area contributed by atoms with Gasteiger partial charge in [0.15, 0.2) is 0 Å². The predicted octanol–water partition coefficient (Wildman–Crippen LogP) is 4.77. The molecule has 0 radical (unpaired) electrons. The largest absolute Gasteiger partial charge is 0.508 e. The molecule has 0 bridgehead atoms. The van der Waals surface area contributed by atoms with Crippen molar-refractivity contribution in [1.82, 2.24) is 4.90 Å². The third kappa shape index (κ3) is 5.25. The van der Waals surface area contributed by atoms with Gasteiger partial charge in [-0.1, -0.05) is 64.5 Å². The first-order valence-electron chi connectivity index (χ1n) is 10.1. The van der Waals surface area contributed by atoms with Gasteiger partial charge in [-0.2, -0.15) is 0 Å². The van der Waals surface area contributed by atoms with Crippen LogP contribution < -0.4 is 0 Å². The van der Waals surface area contributed by atoms with Crippen LogP contribution in [-0.2, 0) is 5.41 Å². The Kier molecular flexibility index (Phi) is 7.55. The molecular formula is C23H35NO2. The molecule has 2 N–H and O–H groups in total. The highest BCUT2D eigenvalue weighted by Gasteiger charge is 2.30. The molecule has 1 saturated heterocycles. The van der Waals surface area contributed by atoms with E-state index in [1.807, 2.05) is 12.1 Å². The molecule has 0 aliphatic carbocycles. The van der Waals surface area contributed by atoms with Gasteiger partial charge in [-0.15, -0.1) is 6.42 Å². The molecular weight excluding hydrogens is 322 g/mol. The number of aromatic hydroxyl groups is 1. The van der Waals surface area contributed by atoms with Gasteiger partial charge in [-0.05, 0) is 36.3 Å². The third-order valence-electron chi connectivity index (χ3n) is 5.81. The maximum Gasteiger partial charge on any atom is 0.120 e. The minimum Gasteiger partial charge on any atom is -0.508 e. The highest BCUT2D eigenvalue weighted by molar-refractivity contribution is 5.41. The highest BCUT2D eigenvalue weighted by atomic mass is 16.3. The monoisotopic (exact) mass is 357 g/mol. The van der Waals surface area contributed by atoms with E-state index in [4.69, 9.17) is 6.42 Å². The standard InChI is InChI=1S/C23H35NO2/c1-5-7-8-9-13-23(3,4)18-10-11-20(22(26)16-18)21-17-19(25)12-15-24(21)14-6-2/h2,10-11,16,19,21,25-26H,5,7-9,12-15,17H2,1,3-4H3/t19-,21+/m0/s1. The van der Waals surface area contributed by atoms with Crippen LogP contribution in [0.5, 0.6) is 5.75 Å². The molecule has 1 aromatic carbocycles. The van der Waals surface area contributed by atoms with Crippen LogP contribution in [0.4, 0.5) is 0 Å². The number of unbranched alkanes of at least 4 members (excludes halogenated alkanes) is 3. The summed E-state index contributed by atoms with van der Waals surface area (Å²) in [6.45, 7) is 8.04. The molecule has 1 aliphatic rings. The number of terminal acetylenes is 1. The van der Waals surface area contributed by atoms with Crippen LogP contribution in [0.3, 0.4) is 0 Å². The molecule has 26 heavy (non-hydrogen) atoms. The summed E-state index contributed by atoms with van der Waals surface area (Å²) in [6.07, 6.45) is 12.7. The number of rotatable bonds is 8. The summed E-state index contributed by atoms with van der Waals surface area (Å²) in [5.74, 6) is 3.03. The second-order valence-electron chi connectivity index (χ2n) is 8.34. The lowest BCUT2D eigenvalue weighted by molar-refractivity contribution is 0.0475. The van der Waals surface area contributed by atoms with E-state index >= 15 is 0 Å². The fraction of sp³-hybridized carbons (Fsp3) is 0.652. The van der Waals surface area contributed by atoms with Crippen LogP contribution in [0.1, 0.15) is 82.9 Å². The Hall–Kier alpha value is -1.50. The lowest BCUT2D eigenvalue weighted by atomic mass is 9.79. The molecule has 2 rings (SSSR count). The molecule has 0 saturated carbocycles. The van der Waals surface area contributed by atoms with Crippen molar-refractivity contribution >= 4 is 0 Å². The second kappa shape index (κ2) is 9.44. The summed E-state index contributed by atoms with van der Waals surface area (Å²) in [5, 5.41) is 20.8. The number of aliphatic hydroxyl groups excluding tert-OH is 1. The van der Waals surface area contributed by atoms with E-state index in [0.29, 0.717) is 18.7 Å². The first-order chi connectivity index (χ1) is 12.4. The smallest absolute Gasteiger partial charge is 0.120 e. The predicted molar refractivity (Wildman–Crippen MR) is 108 cm³/mol. The van der Waals surface area contributed by atoms with Crippen molar-refractivity contribution in [2.45, 2.75) is 83.3 Å². The summed E-state index contributed by atoms with van der Waals surface area (Å²) in [7, 11) is 0. The Morgan fingerprint density at radius 1 is 1.27 bits per heavy atom. The number of phenolic OH excluding ortho intramolecular Hbond substituents is 1. The molecule has 3 heteroatoms. The molecule has 0 spiro atoms. The Labute approximate surface area is 159 Å². The van der Waals surface area contributed by atoms with E-state index < -0.39 is 0 Å². The SMILES string of the molecule is C#CCN1CC[C@H](O)C[C@@H]1c1ccc(C(C)(C)CCCCCC)cc1O. The number of hydrogen-bond donors (Lipinski definition) is 2. The van der Waals surface area contributed by atoms with Gasteiger partial charge in [0, 0.05) is 18.2 Å². The van der Waals surface area contributed by atoms with Crippen LogP contribution in [-0.4, -0.2) is 34.3 Å². The fourth-order valence-electron chi connectivity index (χ4n) is 4.01. The number of phenols is 1. The van der Waals surface area contributed by atoms with Gasteiger partial charge >= 0.3 is 0 Å². The Balaban J connectivity index is 2.16. The molecule has 1 heterocycles. The Bertz CT molecular complexity index is 617. The first-order valence-corrected chi connectivity index (χ1v) is 10.1. The average molecular weight is 358 g/mol. The van der Waals surface area contributed by atoms with Crippen molar-refractivity contribution in [2.24, 2.45) is 0 Å². The zero-order chi connectivity index (χ0) is 19.2. The zero-order valence-electron chi connectivity index (χ0n) is 16.7. The van der Waals surface area contributed by atoms with Gasteiger partial charge in [0.1, 0.15) is 5.75 Å². The summed E-state index contributed by atoms with van der Waals surface area (Å²) in [6, 6.07) is 6.08. The van der Waals surface area contributed by atoms with Crippen LogP contribution in [0, 0.1) is 12.3 Å². The van der Waals surface area contributed by atoms with Crippen molar-refractivity contribution in [3.63, 3.8) is 0 Å². The molecule has 1 aromatic rings. The number of nitrogens with zero attached hydrogens (tertiary/aromatic N) is 1. The van der Waals surface area contributed by atoms with Crippen molar-refractivity contribution in [3.05, 3.63) is 29.3 Å². The van der Waals surface area contributed by atoms with Gasteiger partial charge in [0.05, 0.1) is 12.6 Å². The molecule has 0 unspecified atom stereocenters. The van der Waals surface area contributed by atoms with E-state index in [2.05, 4.69) is 37.7 Å². The first kappa shape index (κ1) is 20.8. The van der Waals surface area contributed by atoms with E-state index in [1.54, 1.807) is 0 Å². The minimum absolute atomic E-state index is 0.0171. The van der Waals surface area contributed by atoms with E-state index in [9.17, 15) is 10.2 Å². The number of benzene rings is 1. The van der Waals surface area contributed by atoms with Gasteiger partial charge < -0.3 is 10.2 Å². The van der Waals surface area contributed by atoms with Gasteiger partial charge in [-0.25, -0.2) is 0 Å². The summed E-state index contributed by atoms with van der Waals surface area (Å²) in [4.78, 5) is 2.18. The summed E-state index contributed by atoms with van der Waals surface area (Å²) < 4.78 is 0. The second-order valence-corrected chi connectivity index (χ2v) is 8.34. The van der Waals surface area contributed by atoms with Crippen molar-refractivity contribution in [2.75, 3.05) is 13.1 Å². The molecule has 1 fully saturated rings. The molecule has 1 aliphatic heterocycles. The Morgan fingerprint density at radius 3 is 2.69 bits per heavy atom. The van der Waals surface area contributed by atoms with E-state index in [-0.39, 0.29) is 17.6 Å². The zero-order valence-corrected chi connectivity index (χ0v) is 16.7. The number of piperidine rings is 1. The van der Waals surface area contributed by atoms with E-state index in [1.165, 1.54) is 31.2 Å². The van der Waals surface area contributed by atoms with Crippen molar-refractivity contribution in [3.8, 4) is 18.1 Å². The maximum atomic E-state index is 10.7. The Morgan fingerprint density at radius 2 is 2.04 bits per heavy atom. The van der Waals surface area contributed by atoms with Crippen LogP contribution in [0.15, 0.2) is 18.2 Å². The van der Waals surface area contributed by atoms with Gasteiger partial charge in [0.2, 0.25) is 0 Å². The van der Waals surface area contributed by atoms with Gasteiger partial charge in [-0.3, -0.25) is 4.90 Å². The molecule has 0 amide bonds. The molecule has 0 aromatic heterocycles. The normalized spacial score (nSPS) is 21.5. The summed E-state index contributed by atoms with van der Waals surface area (Å²) >= 11 is 0. The topological polar surface area (TPSA) is 43.7 Å². The fourth-order valence-corrected chi connectivity index (χ4v) is 4.01. The van der Waals surface area contributed by atoms with E-state index in [0.717, 1.165) is 24.9 Å². The quantitative estimate of drug-likeness (QED) is 0.520. The molecule has 3 nitrogen and oxygen atoms in total. The summed E-state index contributed by atoms with van der Waals surface area (Å²) in [5.41, 5.74) is 2.11. The third-order valence-corrected chi connectivity index (χ3v) is 5.81. The minimum atomic E-state index is -0.330. The maximum absolute atomic E-state index is 10.7. The highest BCUT2D eigenvalue weighted by Crippen LogP contribution is 2.39. The van der Waals surface area contributed by atoms with Crippen LogP contribution in [0.25, 0.3) is 0 Å². The lowest BCUT2D eigenvalue weighted by Crippen LogP contribution is -2.39. The van der Waals surface area contributed by atoms with Gasteiger partial charge in [0.25, 0.3) is 0 Å². The van der Waals surface area contributed by atoms with Crippen LogP contribution in [0.2, 0.25) is 0 Å². The molecule has 144 valence electrons. The van der Waals surface area contributed by atoms with Crippen LogP contribution >= 0.6 is 0 Å².